The summed E-state index contributed by atoms with van der Waals surface area (Å²) in [4.78, 5) is 26.3. The molecule has 4 heterocycles. The van der Waals surface area contributed by atoms with E-state index in [1.165, 1.54) is 17.2 Å². The molecule has 1 aliphatic heterocycles. The van der Waals surface area contributed by atoms with Gasteiger partial charge in [0.1, 0.15) is 23.8 Å². The Morgan fingerprint density at radius 2 is 2.03 bits per heavy atom. The minimum absolute atomic E-state index is 0.138. The number of pyridine rings is 1. The highest BCUT2D eigenvalue weighted by atomic mass is 19.1. The van der Waals surface area contributed by atoms with E-state index in [4.69, 9.17) is 10.5 Å². The van der Waals surface area contributed by atoms with Crippen molar-refractivity contribution in [2.75, 3.05) is 23.8 Å². The van der Waals surface area contributed by atoms with Gasteiger partial charge in [-0.25, -0.2) is 28.8 Å². The number of hydrogen-bond donors (Lipinski definition) is 1. The van der Waals surface area contributed by atoms with Crippen molar-refractivity contribution in [1.29, 1.82) is 0 Å². The Hall–Kier alpha value is -4.08. The Balaban J connectivity index is 1.57. The lowest BCUT2D eigenvalue weighted by atomic mass is 10.2. The van der Waals surface area contributed by atoms with Gasteiger partial charge in [0.15, 0.2) is 17.3 Å². The second kappa shape index (κ2) is 7.07. The molecule has 0 atom stereocenters. The summed E-state index contributed by atoms with van der Waals surface area (Å²) in [5.41, 5.74) is 8.01. The van der Waals surface area contributed by atoms with Gasteiger partial charge < -0.3 is 10.5 Å². The lowest BCUT2D eigenvalue weighted by Gasteiger charge is -2.14. The summed E-state index contributed by atoms with van der Waals surface area (Å²) in [6.07, 6.45) is 2.63. The summed E-state index contributed by atoms with van der Waals surface area (Å²) in [5.74, 6) is 0.106. The van der Waals surface area contributed by atoms with Gasteiger partial charge in [-0.3, -0.25) is 4.90 Å². The highest BCUT2D eigenvalue weighted by Gasteiger charge is 2.27. The van der Waals surface area contributed by atoms with Crippen LogP contribution in [-0.2, 0) is 11.3 Å². The number of carbonyl (C=O) groups is 1. The monoisotopic (exact) mass is 405 g/mol. The lowest BCUT2D eigenvalue weighted by Crippen LogP contribution is -2.25. The molecule has 1 aromatic carbocycles. The van der Waals surface area contributed by atoms with Gasteiger partial charge in [-0.1, -0.05) is 18.2 Å². The van der Waals surface area contributed by atoms with Gasteiger partial charge in [0.05, 0.1) is 24.7 Å². The second-order valence-corrected chi connectivity index (χ2v) is 6.70. The van der Waals surface area contributed by atoms with Crippen molar-refractivity contribution in [2.45, 2.75) is 6.54 Å². The molecule has 1 saturated heterocycles. The molecule has 1 aliphatic rings. The molecule has 2 N–H and O–H groups in total. The van der Waals surface area contributed by atoms with Crippen molar-refractivity contribution in [1.82, 2.24) is 24.7 Å². The third-order valence-electron chi connectivity index (χ3n) is 4.85. The Bertz CT molecular complexity index is 1270. The summed E-state index contributed by atoms with van der Waals surface area (Å²) < 4.78 is 20.7. The lowest BCUT2D eigenvalue weighted by molar-refractivity contribution is 0.181. The maximum atomic E-state index is 14.1. The van der Waals surface area contributed by atoms with Crippen LogP contribution < -0.4 is 10.6 Å². The zero-order valence-electron chi connectivity index (χ0n) is 15.7. The molecule has 9 nitrogen and oxygen atoms in total. The molecule has 10 heteroatoms. The average molecular weight is 405 g/mol. The van der Waals surface area contributed by atoms with Crippen LogP contribution in [0.1, 0.15) is 5.56 Å². The van der Waals surface area contributed by atoms with E-state index >= 15 is 0 Å². The minimum Gasteiger partial charge on any atom is -0.447 e. The van der Waals surface area contributed by atoms with E-state index < -0.39 is 6.09 Å². The summed E-state index contributed by atoms with van der Waals surface area (Å²) in [5, 5.41) is 5.29. The van der Waals surface area contributed by atoms with E-state index in [1.54, 1.807) is 35.1 Å². The maximum Gasteiger partial charge on any atom is 0.414 e. The fourth-order valence-corrected chi connectivity index (χ4v) is 3.40. The number of ether oxygens (including phenoxy) is 1. The highest BCUT2D eigenvalue weighted by Crippen LogP contribution is 2.29. The molecule has 0 unspecified atom stereocenters. The molecule has 0 aliphatic carbocycles. The van der Waals surface area contributed by atoms with Crippen molar-refractivity contribution in [2.24, 2.45) is 0 Å². The number of nitrogens with zero attached hydrogens (tertiary/aromatic N) is 6. The fraction of sp³-hybridized carbons (Fsp3) is 0.150. The van der Waals surface area contributed by atoms with E-state index in [2.05, 4.69) is 20.1 Å². The van der Waals surface area contributed by atoms with Crippen LogP contribution in [0.25, 0.3) is 22.6 Å². The summed E-state index contributed by atoms with van der Waals surface area (Å²) >= 11 is 0. The number of anilines is 2. The number of aromatic nitrogens is 5. The maximum absolute atomic E-state index is 14.1. The molecule has 1 amide bonds. The SMILES string of the molecule is Nc1nc(-c2nn(Cc3ccccc3F)c3ncccc23)ncc1N1CCOC1=O. The Morgan fingerprint density at radius 1 is 1.17 bits per heavy atom. The normalized spacial score (nSPS) is 13.8. The minimum atomic E-state index is -0.484. The fourth-order valence-electron chi connectivity index (χ4n) is 3.40. The molecule has 150 valence electrons. The number of nitrogen functional groups attached to an aromatic ring is 1. The van der Waals surface area contributed by atoms with E-state index in [9.17, 15) is 9.18 Å². The zero-order chi connectivity index (χ0) is 20.7. The summed E-state index contributed by atoms with van der Waals surface area (Å²) in [7, 11) is 0. The molecule has 0 spiro atoms. The zero-order valence-corrected chi connectivity index (χ0v) is 15.7. The van der Waals surface area contributed by atoms with Crippen molar-refractivity contribution in [3.63, 3.8) is 0 Å². The largest absolute Gasteiger partial charge is 0.447 e. The molecule has 30 heavy (non-hydrogen) atoms. The number of rotatable bonds is 4. The number of hydrogen-bond acceptors (Lipinski definition) is 7. The summed E-state index contributed by atoms with van der Waals surface area (Å²) in [6.45, 7) is 0.875. The van der Waals surface area contributed by atoms with Crippen LogP contribution in [0, 0.1) is 5.82 Å². The van der Waals surface area contributed by atoms with Gasteiger partial charge in [-0.2, -0.15) is 5.10 Å². The Labute approximate surface area is 169 Å². The Morgan fingerprint density at radius 3 is 2.80 bits per heavy atom. The van der Waals surface area contributed by atoms with Crippen LogP contribution in [0.15, 0.2) is 48.8 Å². The summed E-state index contributed by atoms with van der Waals surface area (Å²) in [6, 6.07) is 10.1. The van der Waals surface area contributed by atoms with E-state index in [0.717, 1.165) is 0 Å². The van der Waals surface area contributed by atoms with Gasteiger partial charge in [0, 0.05) is 11.8 Å². The molecule has 1 fully saturated rings. The second-order valence-electron chi connectivity index (χ2n) is 6.70. The van der Waals surface area contributed by atoms with Gasteiger partial charge >= 0.3 is 6.09 Å². The van der Waals surface area contributed by atoms with Crippen LogP contribution in [0.5, 0.6) is 0 Å². The van der Waals surface area contributed by atoms with Crippen LogP contribution in [-0.4, -0.2) is 44.0 Å². The average Bonchev–Trinajstić information content (AvgIpc) is 3.34. The van der Waals surface area contributed by atoms with Crippen molar-refractivity contribution < 1.29 is 13.9 Å². The van der Waals surface area contributed by atoms with Crippen molar-refractivity contribution in [3.05, 3.63) is 60.2 Å². The van der Waals surface area contributed by atoms with Gasteiger partial charge in [-0.15, -0.1) is 0 Å². The molecule has 0 radical (unpaired) electrons. The van der Waals surface area contributed by atoms with Crippen LogP contribution >= 0.6 is 0 Å². The predicted molar refractivity (Wildman–Crippen MR) is 107 cm³/mol. The first-order valence-electron chi connectivity index (χ1n) is 9.24. The number of amides is 1. The van der Waals surface area contributed by atoms with E-state index in [-0.39, 0.29) is 30.6 Å². The molecule has 5 rings (SSSR count). The first-order valence-corrected chi connectivity index (χ1v) is 9.24. The van der Waals surface area contributed by atoms with Crippen LogP contribution in [0.2, 0.25) is 0 Å². The number of nitrogens with two attached hydrogens (primary N) is 1. The number of carbonyl (C=O) groups excluding carboxylic acids is 1. The Kier molecular flexibility index (Phi) is 4.24. The molecule has 4 aromatic rings. The van der Waals surface area contributed by atoms with E-state index in [1.807, 2.05) is 6.07 Å². The third kappa shape index (κ3) is 2.98. The van der Waals surface area contributed by atoms with Crippen molar-refractivity contribution in [3.8, 4) is 11.5 Å². The number of benzene rings is 1. The first-order chi connectivity index (χ1) is 14.6. The predicted octanol–water partition coefficient (Wildman–Crippen LogP) is 2.61. The quantitative estimate of drug-likeness (QED) is 0.555. The van der Waals surface area contributed by atoms with Crippen LogP contribution in [0.4, 0.5) is 20.7 Å². The third-order valence-corrected chi connectivity index (χ3v) is 4.85. The van der Waals surface area contributed by atoms with Gasteiger partial charge in [-0.05, 0) is 18.2 Å². The molecular formula is C20H16FN7O2. The highest BCUT2D eigenvalue weighted by molar-refractivity contribution is 5.93. The number of halogens is 1. The number of cyclic esters (lactones) is 1. The topological polar surface area (TPSA) is 112 Å². The molecular weight excluding hydrogens is 389 g/mol. The van der Waals surface area contributed by atoms with Gasteiger partial charge in [0.25, 0.3) is 0 Å². The van der Waals surface area contributed by atoms with Crippen molar-refractivity contribution >= 4 is 28.6 Å². The molecule has 0 saturated carbocycles. The molecule has 0 bridgehead atoms. The molecule has 3 aromatic heterocycles. The standard InChI is InChI=1S/C20H16FN7O2/c21-14-6-2-1-4-12(14)11-28-19-13(5-3-7-23-19)16(26-28)18-24-10-15(17(22)25-18)27-8-9-30-20(27)29/h1-7,10H,8-9,11H2,(H2,22,24,25). The smallest absolute Gasteiger partial charge is 0.414 e. The van der Waals surface area contributed by atoms with E-state index in [0.29, 0.717) is 34.5 Å². The van der Waals surface area contributed by atoms with Gasteiger partial charge in [0.2, 0.25) is 0 Å². The number of fused-ring (bicyclic) bond motifs is 1. The first kappa shape index (κ1) is 18.0. The van der Waals surface area contributed by atoms with Crippen LogP contribution in [0.3, 0.4) is 0 Å².